The molecule has 1 nitrogen and oxygen atoms in total. The zero-order valence-corrected chi connectivity index (χ0v) is 12.1. The fourth-order valence-electron chi connectivity index (χ4n) is 3.06. The van der Waals surface area contributed by atoms with Gasteiger partial charge in [0, 0.05) is 6.54 Å². The van der Waals surface area contributed by atoms with Crippen molar-refractivity contribution in [2.24, 2.45) is 11.8 Å². The summed E-state index contributed by atoms with van der Waals surface area (Å²) in [6.07, 6.45) is 5.69. The molecule has 1 aromatic rings. The highest BCUT2D eigenvalue weighted by Gasteiger charge is 2.17. The van der Waals surface area contributed by atoms with Crippen molar-refractivity contribution in [3.63, 3.8) is 0 Å². The van der Waals surface area contributed by atoms with E-state index in [9.17, 15) is 0 Å². The molecule has 0 heterocycles. The predicted octanol–water partition coefficient (Wildman–Crippen LogP) is 4.22. The molecule has 1 aliphatic carbocycles. The molecule has 1 fully saturated rings. The van der Waals surface area contributed by atoms with Gasteiger partial charge in [-0.3, -0.25) is 0 Å². The smallest absolute Gasteiger partial charge is 0.0210 e. The second-order valence-electron chi connectivity index (χ2n) is 6.13. The molecule has 0 bridgehead atoms. The maximum atomic E-state index is 3.67. The van der Waals surface area contributed by atoms with E-state index in [-0.39, 0.29) is 0 Å². The molecule has 0 radical (unpaired) electrons. The van der Waals surface area contributed by atoms with Crippen molar-refractivity contribution in [1.29, 1.82) is 0 Å². The summed E-state index contributed by atoms with van der Waals surface area (Å²) < 4.78 is 0. The van der Waals surface area contributed by atoms with Gasteiger partial charge in [0.2, 0.25) is 0 Å². The second-order valence-corrected chi connectivity index (χ2v) is 6.13. The van der Waals surface area contributed by atoms with E-state index in [0.717, 1.165) is 18.4 Å². The van der Waals surface area contributed by atoms with Crippen molar-refractivity contribution in [1.82, 2.24) is 5.32 Å². The Balaban J connectivity index is 1.78. The molecule has 0 aliphatic heterocycles. The van der Waals surface area contributed by atoms with Crippen LogP contribution in [0.2, 0.25) is 0 Å². The Hall–Kier alpha value is -0.820. The van der Waals surface area contributed by atoms with Gasteiger partial charge in [-0.15, -0.1) is 0 Å². The fraction of sp³-hybridized carbons (Fsp3) is 0.647. The van der Waals surface area contributed by atoms with E-state index >= 15 is 0 Å². The third-order valence-corrected chi connectivity index (χ3v) is 4.51. The Morgan fingerprint density at radius 3 is 2.28 bits per heavy atom. The van der Waals surface area contributed by atoms with Crippen molar-refractivity contribution in [2.45, 2.75) is 53.0 Å². The van der Waals surface area contributed by atoms with Crippen molar-refractivity contribution in [3.05, 3.63) is 34.9 Å². The van der Waals surface area contributed by atoms with E-state index in [1.807, 2.05) is 0 Å². The molecule has 0 aromatic heterocycles. The van der Waals surface area contributed by atoms with Crippen molar-refractivity contribution in [2.75, 3.05) is 6.54 Å². The largest absolute Gasteiger partial charge is 0.312 e. The molecule has 1 saturated carbocycles. The minimum atomic E-state index is 0.908. The van der Waals surface area contributed by atoms with Gasteiger partial charge >= 0.3 is 0 Å². The highest BCUT2D eigenvalue weighted by atomic mass is 14.9. The minimum absolute atomic E-state index is 0.908. The van der Waals surface area contributed by atoms with Crippen LogP contribution in [0.3, 0.4) is 0 Å². The first-order chi connectivity index (χ1) is 8.66. The third-order valence-electron chi connectivity index (χ3n) is 4.51. The molecule has 0 saturated heterocycles. The Morgan fingerprint density at radius 2 is 1.67 bits per heavy atom. The Kier molecular flexibility index (Phi) is 4.82. The molecular weight excluding hydrogens is 218 g/mol. The van der Waals surface area contributed by atoms with Gasteiger partial charge in [-0.2, -0.15) is 0 Å². The quantitative estimate of drug-likeness (QED) is 0.837. The summed E-state index contributed by atoms with van der Waals surface area (Å²) in [7, 11) is 0. The summed E-state index contributed by atoms with van der Waals surface area (Å²) in [6.45, 7) is 9.05. The van der Waals surface area contributed by atoms with Gasteiger partial charge in [0.25, 0.3) is 0 Å². The Morgan fingerprint density at radius 1 is 1.06 bits per heavy atom. The van der Waals surface area contributed by atoms with Gasteiger partial charge in [-0.25, -0.2) is 0 Å². The standard InChI is InChI=1S/C17H27N/c1-13-7-9-16(10-8-13)11-18-12-17-14(2)5-4-6-15(17)3/h4-6,13,16,18H,7-12H2,1-3H3. The van der Waals surface area contributed by atoms with Crippen molar-refractivity contribution in [3.8, 4) is 0 Å². The van der Waals surface area contributed by atoms with Gasteiger partial charge in [0.1, 0.15) is 0 Å². The lowest BCUT2D eigenvalue weighted by atomic mass is 9.83. The van der Waals surface area contributed by atoms with Crippen LogP contribution in [0.25, 0.3) is 0 Å². The van der Waals surface area contributed by atoms with Crippen LogP contribution in [0.15, 0.2) is 18.2 Å². The summed E-state index contributed by atoms with van der Waals surface area (Å²) in [4.78, 5) is 0. The normalized spacial score (nSPS) is 24.2. The highest BCUT2D eigenvalue weighted by molar-refractivity contribution is 5.33. The van der Waals surface area contributed by atoms with Gasteiger partial charge in [-0.1, -0.05) is 38.0 Å². The average molecular weight is 245 g/mol. The number of hydrogen-bond donors (Lipinski definition) is 1. The SMILES string of the molecule is Cc1cccc(C)c1CNCC1CCC(C)CC1. The molecule has 18 heavy (non-hydrogen) atoms. The first-order valence-corrected chi connectivity index (χ1v) is 7.42. The van der Waals surface area contributed by atoms with Crippen molar-refractivity contribution >= 4 is 0 Å². The topological polar surface area (TPSA) is 12.0 Å². The van der Waals surface area contributed by atoms with Gasteiger partial charge < -0.3 is 5.32 Å². The number of hydrogen-bond acceptors (Lipinski definition) is 1. The Labute approximate surface area is 112 Å². The molecule has 0 atom stereocenters. The molecule has 2 rings (SSSR count). The van der Waals surface area contributed by atoms with E-state index in [0.29, 0.717) is 0 Å². The first-order valence-electron chi connectivity index (χ1n) is 7.42. The molecule has 0 amide bonds. The lowest BCUT2D eigenvalue weighted by Crippen LogP contribution is -2.26. The van der Waals surface area contributed by atoms with E-state index in [4.69, 9.17) is 0 Å². The van der Waals surface area contributed by atoms with E-state index in [2.05, 4.69) is 44.3 Å². The van der Waals surface area contributed by atoms with Crippen LogP contribution in [-0.4, -0.2) is 6.54 Å². The van der Waals surface area contributed by atoms with Gasteiger partial charge in [0.05, 0.1) is 0 Å². The minimum Gasteiger partial charge on any atom is -0.312 e. The number of aryl methyl sites for hydroxylation is 2. The Bertz CT molecular complexity index is 355. The lowest BCUT2D eigenvalue weighted by molar-refractivity contribution is 0.281. The molecule has 0 spiro atoms. The van der Waals surface area contributed by atoms with E-state index in [1.165, 1.54) is 48.9 Å². The summed E-state index contributed by atoms with van der Waals surface area (Å²) >= 11 is 0. The first kappa shape index (κ1) is 13.6. The van der Waals surface area contributed by atoms with E-state index < -0.39 is 0 Å². The molecule has 1 aromatic carbocycles. The second kappa shape index (κ2) is 6.38. The van der Waals surface area contributed by atoms with Gasteiger partial charge in [0.15, 0.2) is 0 Å². The maximum Gasteiger partial charge on any atom is 0.0210 e. The summed E-state index contributed by atoms with van der Waals surface area (Å²) in [5.41, 5.74) is 4.32. The van der Waals surface area contributed by atoms with Crippen LogP contribution >= 0.6 is 0 Å². The summed E-state index contributed by atoms with van der Waals surface area (Å²) in [5.74, 6) is 1.87. The number of nitrogens with one attached hydrogen (secondary N) is 1. The number of benzene rings is 1. The molecule has 1 heteroatoms. The maximum absolute atomic E-state index is 3.67. The fourth-order valence-corrected chi connectivity index (χ4v) is 3.06. The predicted molar refractivity (Wildman–Crippen MR) is 78.7 cm³/mol. The van der Waals surface area contributed by atoms with Crippen LogP contribution < -0.4 is 5.32 Å². The zero-order valence-electron chi connectivity index (χ0n) is 12.1. The third kappa shape index (κ3) is 3.58. The van der Waals surface area contributed by atoms with E-state index in [1.54, 1.807) is 0 Å². The molecule has 100 valence electrons. The highest BCUT2D eigenvalue weighted by Crippen LogP contribution is 2.27. The summed E-state index contributed by atoms with van der Waals surface area (Å²) in [6, 6.07) is 6.58. The zero-order chi connectivity index (χ0) is 13.0. The van der Waals surface area contributed by atoms with Crippen LogP contribution in [0.5, 0.6) is 0 Å². The van der Waals surface area contributed by atoms with Crippen LogP contribution in [-0.2, 0) is 6.54 Å². The summed E-state index contributed by atoms with van der Waals surface area (Å²) in [5, 5.41) is 3.67. The molecular formula is C17H27N. The van der Waals surface area contributed by atoms with Crippen LogP contribution in [0.1, 0.15) is 49.3 Å². The van der Waals surface area contributed by atoms with Gasteiger partial charge in [-0.05, 0) is 61.8 Å². The molecule has 1 aliphatic rings. The number of rotatable bonds is 4. The lowest BCUT2D eigenvalue weighted by Gasteiger charge is -2.26. The van der Waals surface area contributed by atoms with Crippen molar-refractivity contribution < 1.29 is 0 Å². The van der Waals surface area contributed by atoms with Crippen LogP contribution in [0, 0.1) is 25.7 Å². The monoisotopic (exact) mass is 245 g/mol. The average Bonchev–Trinajstić information content (AvgIpc) is 2.35. The van der Waals surface area contributed by atoms with Crippen LogP contribution in [0.4, 0.5) is 0 Å². The molecule has 1 N–H and O–H groups in total. The molecule has 0 unspecified atom stereocenters.